The van der Waals surface area contributed by atoms with Gasteiger partial charge in [-0.15, -0.1) is 0 Å². The molecule has 0 saturated heterocycles. The van der Waals surface area contributed by atoms with Crippen molar-refractivity contribution >= 4 is 17.6 Å². The number of fused-ring (bicyclic) bond motifs is 2. The van der Waals surface area contributed by atoms with E-state index in [0.717, 1.165) is 17.7 Å². The SMILES string of the molecule is COC(=O)c1ccc(C=C2CCOc3cc4c(cc32)C(C)(C)CCC4(C)C)cc1. The number of ether oxygens (including phenoxy) is 2. The number of esters is 1. The molecule has 1 aliphatic heterocycles. The lowest BCUT2D eigenvalue weighted by molar-refractivity contribution is 0.0600. The number of benzene rings is 2. The number of hydrogen-bond acceptors (Lipinski definition) is 3. The van der Waals surface area contributed by atoms with E-state index in [2.05, 4.69) is 45.9 Å². The summed E-state index contributed by atoms with van der Waals surface area (Å²) in [4.78, 5) is 11.7. The van der Waals surface area contributed by atoms with Crippen LogP contribution in [0, 0.1) is 0 Å². The first-order chi connectivity index (χ1) is 13.7. The molecule has 1 aliphatic carbocycles. The van der Waals surface area contributed by atoms with Crippen LogP contribution in [0.2, 0.25) is 0 Å². The molecule has 2 aromatic carbocycles. The molecule has 3 heteroatoms. The van der Waals surface area contributed by atoms with Crippen molar-refractivity contribution in [3.05, 3.63) is 64.2 Å². The summed E-state index contributed by atoms with van der Waals surface area (Å²) in [7, 11) is 1.40. The van der Waals surface area contributed by atoms with E-state index in [-0.39, 0.29) is 16.8 Å². The molecule has 0 radical (unpaired) electrons. The summed E-state index contributed by atoms with van der Waals surface area (Å²) in [5.74, 6) is 0.690. The Kier molecular flexibility index (Phi) is 4.80. The Morgan fingerprint density at radius 2 is 1.62 bits per heavy atom. The zero-order chi connectivity index (χ0) is 20.8. The van der Waals surface area contributed by atoms with E-state index >= 15 is 0 Å². The van der Waals surface area contributed by atoms with E-state index < -0.39 is 0 Å². The number of carbonyl (C=O) groups is 1. The van der Waals surface area contributed by atoms with Crippen molar-refractivity contribution < 1.29 is 14.3 Å². The van der Waals surface area contributed by atoms with Crippen molar-refractivity contribution in [1.82, 2.24) is 0 Å². The average molecular weight is 391 g/mol. The Hall–Kier alpha value is -2.55. The van der Waals surface area contributed by atoms with Gasteiger partial charge in [-0.2, -0.15) is 0 Å². The third kappa shape index (κ3) is 3.59. The Bertz CT molecular complexity index is 978. The number of carbonyl (C=O) groups excluding carboxylic acids is 1. The maximum absolute atomic E-state index is 11.7. The van der Waals surface area contributed by atoms with Crippen LogP contribution in [0.15, 0.2) is 36.4 Å². The van der Waals surface area contributed by atoms with E-state index in [0.29, 0.717) is 12.2 Å². The highest BCUT2D eigenvalue weighted by Crippen LogP contribution is 2.49. The fourth-order valence-corrected chi connectivity index (χ4v) is 4.55. The van der Waals surface area contributed by atoms with Crippen molar-refractivity contribution in [2.24, 2.45) is 0 Å². The Morgan fingerprint density at radius 1 is 1.00 bits per heavy atom. The number of hydrogen-bond donors (Lipinski definition) is 0. The number of rotatable bonds is 2. The maximum atomic E-state index is 11.7. The third-order valence-corrected chi connectivity index (χ3v) is 6.60. The van der Waals surface area contributed by atoms with Gasteiger partial charge in [-0.1, -0.05) is 45.9 Å². The van der Waals surface area contributed by atoms with E-state index in [1.54, 1.807) is 0 Å². The first kappa shape index (κ1) is 19.8. The van der Waals surface area contributed by atoms with Crippen LogP contribution in [0.5, 0.6) is 5.75 Å². The lowest BCUT2D eigenvalue weighted by Gasteiger charge is -2.42. The number of methoxy groups -OCH3 is 1. The summed E-state index contributed by atoms with van der Waals surface area (Å²) in [6.45, 7) is 10.1. The van der Waals surface area contributed by atoms with E-state index in [1.807, 2.05) is 24.3 Å². The Balaban J connectivity index is 1.77. The molecule has 0 spiro atoms. The van der Waals surface area contributed by atoms with Crippen LogP contribution in [0.25, 0.3) is 11.6 Å². The first-order valence-electron chi connectivity index (χ1n) is 10.4. The van der Waals surface area contributed by atoms with Gasteiger partial charge in [0.05, 0.1) is 19.3 Å². The van der Waals surface area contributed by atoms with Gasteiger partial charge < -0.3 is 9.47 Å². The molecule has 4 rings (SSSR count). The molecular formula is C26H30O3. The standard InChI is InChI=1S/C26H30O3/c1-25(2)11-12-26(3,4)22-16-23-20(15-21(22)25)19(10-13-29-23)14-17-6-8-18(9-7-17)24(27)28-5/h6-9,14-16H,10-13H2,1-5H3. The zero-order valence-corrected chi connectivity index (χ0v) is 18.1. The molecule has 3 nitrogen and oxygen atoms in total. The largest absolute Gasteiger partial charge is 0.493 e. The van der Waals surface area contributed by atoms with Gasteiger partial charge in [0.25, 0.3) is 0 Å². The molecule has 2 aromatic rings. The monoisotopic (exact) mass is 390 g/mol. The second kappa shape index (κ2) is 7.05. The van der Waals surface area contributed by atoms with Crippen LogP contribution in [0.4, 0.5) is 0 Å². The smallest absolute Gasteiger partial charge is 0.337 e. The zero-order valence-electron chi connectivity index (χ0n) is 18.1. The quantitative estimate of drug-likeness (QED) is 0.577. The molecular weight excluding hydrogens is 360 g/mol. The van der Waals surface area contributed by atoms with Gasteiger partial charge in [-0.25, -0.2) is 4.79 Å². The van der Waals surface area contributed by atoms with Gasteiger partial charge >= 0.3 is 5.97 Å². The van der Waals surface area contributed by atoms with Crippen LogP contribution in [-0.4, -0.2) is 19.7 Å². The highest BCUT2D eigenvalue weighted by molar-refractivity contribution is 5.90. The van der Waals surface area contributed by atoms with Crippen molar-refractivity contribution in [3.8, 4) is 5.75 Å². The van der Waals surface area contributed by atoms with Gasteiger partial charge in [0.2, 0.25) is 0 Å². The fourth-order valence-electron chi connectivity index (χ4n) is 4.55. The lowest BCUT2D eigenvalue weighted by Crippen LogP contribution is -2.34. The average Bonchev–Trinajstić information content (AvgIpc) is 2.71. The van der Waals surface area contributed by atoms with E-state index in [1.165, 1.54) is 42.2 Å². The summed E-state index contributed by atoms with van der Waals surface area (Å²) in [5.41, 5.74) is 7.37. The first-order valence-corrected chi connectivity index (χ1v) is 10.4. The van der Waals surface area contributed by atoms with Gasteiger partial charge in [-0.05, 0) is 70.2 Å². The molecule has 2 aliphatic rings. The summed E-state index contributed by atoms with van der Waals surface area (Å²) in [6, 6.07) is 12.2. The second-order valence-electron chi connectivity index (χ2n) is 9.54. The van der Waals surface area contributed by atoms with Gasteiger partial charge in [0, 0.05) is 12.0 Å². The maximum Gasteiger partial charge on any atom is 0.337 e. The van der Waals surface area contributed by atoms with Crippen molar-refractivity contribution in [1.29, 1.82) is 0 Å². The molecule has 0 N–H and O–H groups in total. The van der Waals surface area contributed by atoms with Crippen molar-refractivity contribution in [2.45, 2.75) is 57.8 Å². The molecule has 0 saturated carbocycles. The summed E-state index contributed by atoms with van der Waals surface area (Å²) >= 11 is 0. The predicted molar refractivity (Wildman–Crippen MR) is 117 cm³/mol. The summed E-state index contributed by atoms with van der Waals surface area (Å²) in [5, 5.41) is 0. The molecule has 152 valence electrons. The molecule has 0 bridgehead atoms. The fraction of sp³-hybridized carbons (Fsp3) is 0.423. The molecule has 0 unspecified atom stereocenters. The van der Waals surface area contributed by atoms with Crippen molar-refractivity contribution in [3.63, 3.8) is 0 Å². The minimum absolute atomic E-state index is 0.171. The van der Waals surface area contributed by atoms with Gasteiger partial charge in [0.1, 0.15) is 5.75 Å². The second-order valence-corrected chi connectivity index (χ2v) is 9.54. The predicted octanol–water partition coefficient (Wildman–Crippen LogP) is 6.15. The molecule has 0 fully saturated rings. The van der Waals surface area contributed by atoms with Gasteiger partial charge in [-0.3, -0.25) is 0 Å². The highest BCUT2D eigenvalue weighted by atomic mass is 16.5. The molecule has 29 heavy (non-hydrogen) atoms. The minimum Gasteiger partial charge on any atom is -0.493 e. The third-order valence-electron chi connectivity index (χ3n) is 6.60. The Morgan fingerprint density at radius 3 is 2.24 bits per heavy atom. The summed E-state index contributed by atoms with van der Waals surface area (Å²) < 4.78 is 10.9. The molecule has 0 aromatic heterocycles. The normalized spacial score (nSPS) is 20.4. The molecule has 0 amide bonds. The van der Waals surface area contributed by atoms with Gasteiger partial charge in [0.15, 0.2) is 0 Å². The Labute approximate surface area is 173 Å². The minimum atomic E-state index is -0.308. The topological polar surface area (TPSA) is 35.5 Å². The van der Waals surface area contributed by atoms with Crippen LogP contribution in [0.1, 0.15) is 79.6 Å². The van der Waals surface area contributed by atoms with E-state index in [9.17, 15) is 4.79 Å². The lowest BCUT2D eigenvalue weighted by atomic mass is 9.62. The van der Waals surface area contributed by atoms with E-state index in [4.69, 9.17) is 9.47 Å². The van der Waals surface area contributed by atoms with Crippen LogP contribution in [0.3, 0.4) is 0 Å². The van der Waals surface area contributed by atoms with Crippen LogP contribution < -0.4 is 4.74 Å². The highest BCUT2D eigenvalue weighted by Gasteiger charge is 2.38. The summed E-state index contributed by atoms with van der Waals surface area (Å²) in [6.07, 6.45) is 5.49. The molecule has 1 heterocycles. The van der Waals surface area contributed by atoms with Crippen molar-refractivity contribution in [2.75, 3.05) is 13.7 Å². The molecule has 0 atom stereocenters. The van der Waals surface area contributed by atoms with Crippen LogP contribution in [-0.2, 0) is 15.6 Å². The van der Waals surface area contributed by atoms with Crippen LogP contribution >= 0.6 is 0 Å².